The predicted octanol–water partition coefficient (Wildman–Crippen LogP) is 2.42. The summed E-state index contributed by atoms with van der Waals surface area (Å²) in [6.07, 6.45) is 1.74. The highest BCUT2D eigenvalue weighted by molar-refractivity contribution is 7.99. The van der Waals surface area contributed by atoms with E-state index < -0.39 is 0 Å². The lowest BCUT2D eigenvalue weighted by atomic mass is 10.0. The van der Waals surface area contributed by atoms with E-state index in [0.717, 1.165) is 50.0 Å². The summed E-state index contributed by atoms with van der Waals surface area (Å²) in [7, 11) is 0. The van der Waals surface area contributed by atoms with Crippen LogP contribution in [0.25, 0.3) is 0 Å². The van der Waals surface area contributed by atoms with Crippen molar-refractivity contribution in [1.29, 1.82) is 0 Å². The molecular formula is C20H24N4OS. The van der Waals surface area contributed by atoms with Gasteiger partial charge in [-0.1, -0.05) is 30.3 Å². The van der Waals surface area contributed by atoms with Gasteiger partial charge in [0.25, 0.3) is 5.91 Å². The smallest absolute Gasteiger partial charge is 0.255 e. The maximum Gasteiger partial charge on any atom is 0.255 e. The van der Waals surface area contributed by atoms with E-state index in [1.54, 1.807) is 6.20 Å². The molecule has 1 atom stereocenters. The van der Waals surface area contributed by atoms with Crippen LogP contribution in [0.4, 0.5) is 5.82 Å². The summed E-state index contributed by atoms with van der Waals surface area (Å²) < 4.78 is 0. The SMILES string of the molecule is O=C(c1ccc(N2CCNC(c3ccccc3)C2)nc1)N1CCSCC1. The number of aromatic nitrogens is 1. The molecule has 0 radical (unpaired) electrons. The molecule has 3 heterocycles. The van der Waals surface area contributed by atoms with Crippen molar-refractivity contribution >= 4 is 23.5 Å². The molecule has 0 aliphatic carbocycles. The number of pyridine rings is 1. The second-order valence-electron chi connectivity index (χ2n) is 6.67. The summed E-state index contributed by atoms with van der Waals surface area (Å²) in [5.41, 5.74) is 1.99. The van der Waals surface area contributed by atoms with Gasteiger partial charge in [0.05, 0.1) is 5.56 Å². The third-order valence-electron chi connectivity index (χ3n) is 4.99. The first-order chi connectivity index (χ1) is 12.8. The average molecular weight is 369 g/mol. The minimum Gasteiger partial charge on any atom is -0.353 e. The van der Waals surface area contributed by atoms with Gasteiger partial charge < -0.3 is 15.1 Å². The third-order valence-corrected chi connectivity index (χ3v) is 5.94. The zero-order valence-corrected chi connectivity index (χ0v) is 15.6. The molecule has 136 valence electrons. The molecule has 1 amide bonds. The number of nitrogens with zero attached hydrogens (tertiary/aromatic N) is 3. The average Bonchev–Trinajstić information content (AvgIpc) is 2.75. The number of carbonyl (C=O) groups is 1. The molecule has 6 heteroatoms. The van der Waals surface area contributed by atoms with Crippen LogP contribution in [-0.4, -0.2) is 60.0 Å². The Balaban J connectivity index is 1.43. The van der Waals surface area contributed by atoms with E-state index in [-0.39, 0.29) is 5.91 Å². The number of benzene rings is 1. The van der Waals surface area contributed by atoms with Crippen LogP contribution < -0.4 is 10.2 Å². The van der Waals surface area contributed by atoms with Crippen molar-refractivity contribution in [1.82, 2.24) is 15.2 Å². The number of piperazine rings is 1. The van der Waals surface area contributed by atoms with Crippen molar-refractivity contribution in [2.45, 2.75) is 6.04 Å². The molecule has 5 nitrogen and oxygen atoms in total. The largest absolute Gasteiger partial charge is 0.353 e. The minimum absolute atomic E-state index is 0.104. The summed E-state index contributed by atoms with van der Waals surface area (Å²) in [6.45, 7) is 4.40. The Labute approximate surface area is 158 Å². The van der Waals surface area contributed by atoms with Gasteiger partial charge in [-0.05, 0) is 17.7 Å². The Kier molecular flexibility index (Phi) is 5.41. The van der Waals surface area contributed by atoms with E-state index in [1.807, 2.05) is 34.9 Å². The molecule has 0 saturated carbocycles. The van der Waals surface area contributed by atoms with Gasteiger partial charge in [-0.15, -0.1) is 0 Å². The molecule has 1 unspecified atom stereocenters. The molecule has 26 heavy (non-hydrogen) atoms. The molecule has 2 aromatic rings. The van der Waals surface area contributed by atoms with Crippen molar-refractivity contribution in [2.75, 3.05) is 49.1 Å². The van der Waals surface area contributed by atoms with Gasteiger partial charge in [0.2, 0.25) is 0 Å². The second-order valence-corrected chi connectivity index (χ2v) is 7.90. The topological polar surface area (TPSA) is 48.5 Å². The molecule has 0 spiro atoms. The van der Waals surface area contributed by atoms with Crippen molar-refractivity contribution in [2.24, 2.45) is 0 Å². The van der Waals surface area contributed by atoms with Gasteiger partial charge >= 0.3 is 0 Å². The third kappa shape index (κ3) is 3.86. The number of carbonyl (C=O) groups excluding carboxylic acids is 1. The molecule has 2 aliphatic rings. The summed E-state index contributed by atoms with van der Waals surface area (Å²) >= 11 is 1.91. The van der Waals surface area contributed by atoms with E-state index in [2.05, 4.69) is 39.5 Å². The highest BCUT2D eigenvalue weighted by Gasteiger charge is 2.23. The first-order valence-electron chi connectivity index (χ1n) is 9.17. The fourth-order valence-electron chi connectivity index (χ4n) is 3.52. The van der Waals surface area contributed by atoms with Gasteiger partial charge in [0.15, 0.2) is 0 Å². The number of nitrogens with one attached hydrogen (secondary N) is 1. The Hall–Kier alpha value is -2.05. The number of hydrogen-bond acceptors (Lipinski definition) is 5. The Morgan fingerprint density at radius 1 is 1.08 bits per heavy atom. The fraction of sp³-hybridized carbons (Fsp3) is 0.400. The van der Waals surface area contributed by atoms with Gasteiger partial charge in [0, 0.05) is 56.5 Å². The van der Waals surface area contributed by atoms with Crippen molar-refractivity contribution < 1.29 is 4.79 Å². The molecule has 2 aliphatic heterocycles. The monoisotopic (exact) mass is 368 g/mol. The van der Waals surface area contributed by atoms with Crippen LogP contribution in [-0.2, 0) is 0 Å². The summed E-state index contributed by atoms with van der Waals surface area (Å²) in [5.74, 6) is 3.10. The maximum atomic E-state index is 12.6. The normalized spacial score (nSPS) is 20.8. The summed E-state index contributed by atoms with van der Waals surface area (Å²) in [5, 5.41) is 3.58. The van der Waals surface area contributed by atoms with Crippen LogP contribution in [0.5, 0.6) is 0 Å². The van der Waals surface area contributed by atoms with Gasteiger partial charge in [0.1, 0.15) is 5.82 Å². The lowest BCUT2D eigenvalue weighted by Gasteiger charge is -2.35. The van der Waals surface area contributed by atoms with E-state index >= 15 is 0 Å². The molecule has 4 rings (SSSR count). The standard InChI is InChI=1S/C20H24N4OS/c25-20(23-10-12-26-13-11-23)17-6-7-19(22-14-17)24-9-8-21-18(15-24)16-4-2-1-3-5-16/h1-7,14,18,21H,8-13,15H2. The molecule has 1 aromatic heterocycles. The first kappa shape index (κ1) is 17.4. The van der Waals surface area contributed by atoms with Crippen LogP contribution in [0.2, 0.25) is 0 Å². The Morgan fingerprint density at radius 3 is 2.62 bits per heavy atom. The van der Waals surface area contributed by atoms with E-state index in [0.29, 0.717) is 11.6 Å². The number of anilines is 1. The van der Waals surface area contributed by atoms with Crippen molar-refractivity contribution in [3.63, 3.8) is 0 Å². The minimum atomic E-state index is 0.104. The van der Waals surface area contributed by atoms with E-state index in [4.69, 9.17) is 0 Å². The van der Waals surface area contributed by atoms with Crippen molar-refractivity contribution in [3.05, 3.63) is 59.8 Å². The molecular weight excluding hydrogens is 344 g/mol. The van der Waals surface area contributed by atoms with Crippen LogP contribution in [0.1, 0.15) is 22.0 Å². The second kappa shape index (κ2) is 8.10. The number of amides is 1. The van der Waals surface area contributed by atoms with Gasteiger partial charge in [-0.3, -0.25) is 4.79 Å². The summed E-state index contributed by atoms with van der Waals surface area (Å²) in [6, 6.07) is 14.7. The Morgan fingerprint density at radius 2 is 1.88 bits per heavy atom. The molecule has 1 N–H and O–H groups in total. The van der Waals surface area contributed by atoms with Gasteiger partial charge in [-0.25, -0.2) is 4.98 Å². The lowest BCUT2D eigenvalue weighted by Crippen LogP contribution is -2.46. The zero-order chi connectivity index (χ0) is 17.8. The number of rotatable bonds is 3. The summed E-state index contributed by atoms with van der Waals surface area (Å²) in [4.78, 5) is 21.4. The highest BCUT2D eigenvalue weighted by atomic mass is 32.2. The lowest BCUT2D eigenvalue weighted by molar-refractivity contribution is 0.0772. The first-order valence-corrected chi connectivity index (χ1v) is 10.3. The molecule has 0 bridgehead atoms. The molecule has 2 saturated heterocycles. The van der Waals surface area contributed by atoms with Crippen LogP contribution in [0.15, 0.2) is 48.7 Å². The number of hydrogen-bond donors (Lipinski definition) is 1. The van der Waals surface area contributed by atoms with Gasteiger partial charge in [-0.2, -0.15) is 11.8 Å². The van der Waals surface area contributed by atoms with Crippen LogP contribution >= 0.6 is 11.8 Å². The zero-order valence-electron chi connectivity index (χ0n) is 14.8. The molecule has 1 aromatic carbocycles. The maximum absolute atomic E-state index is 12.6. The molecule has 2 fully saturated rings. The van der Waals surface area contributed by atoms with E-state index in [1.165, 1.54) is 5.56 Å². The Bertz CT molecular complexity index is 731. The van der Waals surface area contributed by atoms with E-state index in [9.17, 15) is 4.79 Å². The van der Waals surface area contributed by atoms with Crippen LogP contribution in [0, 0.1) is 0 Å². The van der Waals surface area contributed by atoms with Crippen LogP contribution in [0.3, 0.4) is 0 Å². The van der Waals surface area contributed by atoms with Crippen molar-refractivity contribution in [3.8, 4) is 0 Å². The number of thioether (sulfide) groups is 1. The predicted molar refractivity (Wildman–Crippen MR) is 107 cm³/mol. The highest BCUT2D eigenvalue weighted by Crippen LogP contribution is 2.21. The quantitative estimate of drug-likeness (QED) is 0.902. The fourth-order valence-corrected chi connectivity index (χ4v) is 4.42.